The van der Waals surface area contributed by atoms with E-state index in [9.17, 15) is 24.3 Å². The third-order valence-corrected chi connectivity index (χ3v) is 4.05. The van der Waals surface area contributed by atoms with Crippen LogP contribution in [0.4, 0.5) is 0 Å². The van der Waals surface area contributed by atoms with E-state index in [1.807, 2.05) is 13.8 Å². The van der Waals surface area contributed by atoms with Gasteiger partial charge in [0.1, 0.15) is 23.7 Å². The molecule has 148 valence electrons. The van der Waals surface area contributed by atoms with Gasteiger partial charge in [-0.05, 0) is 18.8 Å². The van der Waals surface area contributed by atoms with Crippen LogP contribution in [0.1, 0.15) is 40.0 Å². The number of aliphatic hydroxyl groups is 1. The molecule has 10 nitrogen and oxygen atoms in total. The molecule has 0 aromatic heterocycles. The fourth-order valence-electron chi connectivity index (χ4n) is 2.54. The molecule has 0 spiro atoms. The van der Waals surface area contributed by atoms with Gasteiger partial charge >= 0.3 is 41.5 Å². The van der Waals surface area contributed by atoms with E-state index in [1.54, 1.807) is 6.92 Å². The maximum Gasteiger partial charge on any atom is 1.00 e. The molecule has 1 rings (SSSR count). The zero-order valence-corrected chi connectivity index (χ0v) is 18.4. The Morgan fingerprint density at radius 1 is 1.43 bits per heavy atom. The summed E-state index contributed by atoms with van der Waals surface area (Å²) in [5.74, 6) is -3.43. The van der Waals surface area contributed by atoms with Crippen molar-refractivity contribution in [2.45, 2.75) is 40.0 Å². The molecule has 0 saturated carbocycles. The van der Waals surface area contributed by atoms with Crippen LogP contribution in [0, 0.1) is 22.7 Å². The van der Waals surface area contributed by atoms with Gasteiger partial charge in [-0.15, -0.1) is 0 Å². The van der Waals surface area contributed by atoms with E-state index in [1.165, 1.54) is 6.07 Å². The Morgan fingerprint density at radius 3 is 2.39 bits per heavy atom. The molecule has 2 amide bonds. The molecule has 11 heteroatoms. The molecule has 0 aromatic carbocycles. The van der Waals surface area contributed by atoms with Gasteiger partial charge in [-0.25, -0.2) is 14.6 Å². The number of nitriles is 1. The number of carbonyl (C=O) groups excluding carboxylic acids is 4. The Morgan fingerprint density at radius 2 is 2.00 bits per heavy atom. The van der Waals surface area contributed by atoms with Crippen molar-refractivity contribution in [1.82, 2.24) is 5.32 Å². The Kier molecular flexibility index (Phi) is 13.2. The summed E-state index contributed by atoms with van der Waals surface area (Å²) in [5, 5.41) is 29.2. The zero-order valence-electron chi connectivity index (χ0n) is 16.4. The van der Waals surface area contributed by atoms with E-state index < -0.39 is 47.4 Å². The standard InChI is InChI=1S/C11H18N2O3.C6H5NO4.Na/c1-4-6-7(3)11(5-2)8(14)12-10(16)13-9(11)15;1-4(2-7)6(10)11-5(9)3-8;/h7H,4-6H2,1-3H3,(H2,12,13,14,15,16);8H,1,3H2;/q;;+1/p-1. The predicted octanol–water partition coefficient (Wildman–Crippen LogP) is -3.68. The summed E-state index contributed by atoms with van der Waals surface area (Å²) in [4.78, 5) is 47.7. The van der Waals surface area contributed by atoms with Crippen LogP contribution in [0.15, 0.2) is 17.1 Å². The van der Waals surface area contributed by atoms with Crippen molar-refractivity contribution in [2.75, 3.05) is 6.61 Å². The van der Waals surface area contributed by atoms with E-state index in [-0.39, 0.29) is 35.5 Å². The summed E-state index contributed by atoms with van der Waals surface area (Å²) < 4.78 is 3.90. The van der Waals surface area contributed by atoms with Crippen molar-refractivity contribution in [3.05, 3.63) is 12.2 Å². The average Bonchev–Trinajstić information content (AvgIpc) is 2.61. The molecule has 0 bridgehead atoms. The number of amidine groups is 1. The second-order valence-corrected chi connectivity index (χ2v) is 5.70. The van der Waals surface area contributed by atoms with Crippen molar-refractivity contribution in [3.8, 4) is 6.07 Å². The minimum absolute atomic E-state index is 0. The minimum Gasteiger partial charge on any atom is -0.846 e. The van der Waals surface area contributed by atoms with Crippen LogP contribution >= 0.6 is 0 Å². The molecule has 1 aliphatic rings. The van der Waals surface area contributed by atoms with Gasteiger partial charge in [-0.2, -0.15) is 5.26 Å². The molecule has 28 heavy (non-hydrogen) atoms. The second kappa shape index (κ2) is 13.2. The topological polar surface area (TPSA) is 169 Å². The number of carbonyl (C=O) groups is 4. The number of hydrogen-bond donors (Lipinski definition) is 2. The van der Waals surface area contributed by atoms with Gasteiger partial charge in [0.15, 0.2) is 0 Å². The Hall–Kier alpha value is -2.06. The molecular weight excluding hydrogens is 381 g/mol. The first-order chi connectivity index (χ1) is 12.6. The molecule has 1 aliphatic heterocycles. The fourth-order valence-corrected chi connectivity index (χ4v) is 2.54. The molecule has 2 N–H and O–H groups in total. The zero-order chi connectivity index (χ0) is 21.2. The number of rotatable bonds is 6. The van der Waals surface area contributed by atoms with E-state index in [0.717, 1.165) is 12.8 Å². The molecule has 0 saturated heterocycles. The normalized spacial score (nSPS) is 18.8. The number of ether oxygens (including phenoxy) is 1. The molecule has 2 atom stereocenters. The van der Waals surface area contributed by atoms with E-state index in [4.69, 9.17) is 10.4 Å². The van der Waals surface area contributed by atoms with E-state index >= 15 is 0 Å². The van der Waals surface area contributed by atoms with Crippen LogP contribution in [-0.2, 0) is 23.9 Å². The predicted molar refractivity (Wildman–Crippen MR) is 90.3 cm³/mol. The van der Waals surface area contributed by atoms with Crippen molar-refractivity contribution < 1.29 is 63.7 Å². The summed E-state index contributed by atoms with van der Waals surface area (Å²) in [6.45, 7) is 7.72. The first-order valence-electron chi connectivity index (χ1n) is 8.17. The molecule has 2 unspecified atom stereocenters. The summed E-state index contributed by atoms with van der Waals surface area (Å²) in [5.41, 5.74) is -1.63. The SMILES string of the molecule is C=C(C#N)C(=O)OC(=O)CO.CCCC(C)C1(CC)C(=O)N=C([O-])NC1=O.[Na+]. The third-order valence-electron chi connectivity index (χ3n) is 4.05. The van der Waals surface area contributed by atoms with Crippen LogP contribution in [0.2, 0.25) is 0 Å². The second-order valence-electron chi connectivity index (χ2n) is 5.70. The minimum atomic E-state index is -1.15. The van der Waals surface area contributed by atoms with Crippen LogP contribution in [0.3, 0.4) is 0 Å². The molecule has 0 aliphatic carbocycles. The first kappa shape index (κ1) is 28.2. The van der Waals surface area contributed by atoms with Crippen molar-refractivity contribution >= 4 is 29.8 Å². The van der Waals surface area contributed by atoms with Gasteiger partial charge in [-0.3, -0.25) is 9.59 Å². The van der Waals surface area contributed by atoms with Crippen LogP contribution < -0.4 is 40.0 Å². The first-order valence-corrected chi connectivity index (χ1v) is 8.17. The molecule has 1 heterocycles. The molecular formula is C17H22N3NaO7. The van der Waals surface area contributed by atoms with Crippen LogP contribution in [-0.4, -0.2) is 41.5 Å². The molecule has 0 aromatic rings. The summed E-state index contributed by atoms with van der Waals surface area (Å²) in [7, 11) is 0. The van der Waals surface area contributed by atoms with Crippen molar-refractivity contribution in [1.29, 1.82) is 5.26 Å². The Balaban J connectivity index is 0. The van der Waals surface area contributed by atoms with Crippen LogP contribution in [0.5, 0.6) is 0 Å². The van der Waals surface area contributed by atoms with E-state index in [2.05, 4.69) is 21.6 Å². The summed E-state index contributed by atoms with van der Waals surface area (Å²) in [6.07, 6.45) is 2.02. The smallest absolute Gasteiger partial charge is 0.846 e. The van der Waals surface area contributed by atoms with Gasteiger partial charge in [0.25, 0.3) is 5.91 Å². The maximum atomic E-state index is 11.9. The van der Waals surface area contributed by atoms with Crippen molar-refractivity contribution in [2.24, 2.45) is 16.3 Å². The Labute approximate surface area is 184 Å². The summed E-state index contributed by atoms with van der Waals surface area (Å²) >= 11 is 0. The summed E-state index contributed by atoms with van der Waals surface area (Å²) in [6, 6.07) is 0.547. The number of aliphatic hydroxyl groups excluding tert-OH is 1. The van der Waals surface area contributed by atoms with Gasteiger partial charge in [0, 0.05) is 0 Å². The maximum absolute atomic E-state index is 11.9. The number of nitrogens with one attached hydrogen (secondary N) is 1. The number of aliphatic imine (C=N–C) groups is 1. The molecule has 0 fully saturated rings. The largest absolute Gasteiger partial charge is 1.00 e. The van der Waals surface area contributed by atoms with Gasteiger partial charge in [0.2, 0.25) is 5.91 Å². The number of amides is 2. The van der Waals surface area contributed by atoms with Crippen LogP contribution in [0.25, 0.3) is 0 Å². The van der Waals surface area contributed by atoms with Gasteiger partial charge < -0.3 is 20.3 Å². The van der Waals surface area contributed by atoms with Gasteiger partial charge in [0.05, 0.1) is 6.02 Å². The quantitative estimate of drug-likeness (QED) is 0.150. The number of nitrogens with zero attached hydrogens (tertiary/aromatic N) is 2. The van der Waals surface area contributed by atoms with Crippen molar-refractivity contribution in [3.63, 3.8) is 0 Å². The number of esters is 2. The Bertz CT molecular complexity index is 699. The van der Waals surface area contributed by atoms with E-state index in [0.29, 0.717) is 6.42 Å². The van der Waals surface area contributed by atoms with Gasteiger partial charge in [-0.1, -0.05) is 33.8 Å². The third kappa shape index (κ3) is 7.16. The average molecular weight is 403 g/mol. The number of hydrogen-bond acceptors (Lipinski definition) is 8. The molecule has 0 radical (unpaired) electrons. The fraction of sp³-hybridized carbons (Fsp3) is 0.529. The monoisotopic (exact) mass is 403 g/mol.